The number of hydrogen-bond acceptors (Lipinski definition) is 2. The van der Waals surface area contributed by atoms with Crippen LogP contribution >= 0.6 is 10.2 Å². The van der Waals surface area contributed by atoms with Gasteiger partial charge in [-0.25, -0.2) is 4.98 Å². The third-order valence-corrected chi connectivity index (χ3v) is 3.20. The fourth-order valence-corrected chi connectivity index (χ4v) is 1.95. The summed E-state index contributed by atoms with van der Waals surface area (Å²) in [6.45, 7) is 0. The zero-order chi connectivity index (χ0) is 13.0. The molecule has 0 saturated carbocycles. The number of benzene rings is 1. The molecule has 1 aromatic heterocycles. The number of fused-ring (bicyclic) bond motifs is 1. The van der Waals surface area contributed by atoms with Gasteiger partial charge in [-0.2, -0.15) is 0 Å². The lowest BCUT2D eigenvalue weighted by Gasteiger charge is -2.40. The van der Waals surface area contributed by atoms with Gasteiger partial charge < -0.3 is 4.98 Å². The van der Waals surface area contributed by atoms with E-state index in [2.05, 4.69) is 4.98 Å². The van der Waals surface area contributed by atoms with Gasteiger partial charge in [0.15, 0.2) is 0 Å². The average Bonchev–Trinajstić information content (AvgIpc) is 2.14. The second-order valence-corrected chi connectivity index (χ2v) is 5.79. The van der Waals surface area contributed by atoms with Crippen molar-refractivity contribution in [1.82, 2.24) is 9.97 Å². The molecule has 17 heavy (non-hydrogen) atoms. The minimum atomic E-state index is -9.76. The Morgan fingerprint density at radius 1 is 1.12 bits per heavy atom. The molecule has 3 nitrogen and oxygen atoms in total. The standard InChI is InChI=1S/C8H5F5N2OS/c9-17(10,11,12,13)5-1-2-7-6(3-5)8(16)15-4-14-7/h1-4H,(H,14,15,16). The van der Waals surface area contributed by atoms with Crippen LogP contribution in [-0.2, 0) is 0 Å². The predicted molar refractivity (Wildman–Crippen MR) is 53.8 cm³/mol. The molecule has 0 aliphatic heterocycles. The number of halogens is 5. The van der Waals surface area contributed by atoms with Crippen molar-refractivity contribution in [2.24, 2.45) is 0 Å². The van der Waals surface area contributed by atoms with Crippen LogP contribution in [0.5, 0.6) is 0 Å². The van der Waals surface area contributed by atoms with Crippen molar-refractivity contribution in [2.75, 3.05) is 0 Å². The van der Waals surface area contributed by atoms with Crippen LogP contribution in [0.3, 0.4) is 0 Å². The maximum absolute atomic E-state index is 12.5. The molecule has 0 radical (unpaired) electrons. The zero-order valence-corrected chi connectivity index (χ0v) is 8.78. The minimum absolute atomic E-state index is 0.0839. The van der Waals surface area contributed by atoms with Crippen LogP contribution in [0.25, 0.3) is 10.9 Å². The monoisotopic (exact) mass is 272 g/mol. The number of nitrogens with zero attached hydrogens (tertiary/aromatic N) is 1. The molecule has 1 heterocycles. The highest BCUT2D eigenvalue weighted by atomic mass is 32.5. The Labute approximate surface area is 91.0 Å². The van der Waals surface area contributed by atoms with Crippen LogP contribution in [0.2, 0.25) is 0 Å². The number of aromatic amines is 1. The van der Waals surface area contributed by atoms with Gasteiger partial charge in [0.1, 0.15) is 4.90 Å². The summed E-state index contributed by atoms with van der Waals surface area (Å²) in [5.41, 5.74) is -0.988. The summed E-state index contributed by atoms with van der Waals surface area (Å²) in [6.07, 6.45) is 0.976. The Balaban J connectivity index is 2.86. The van der Waals surface area contributed by atoms with Crippen LogP contribution in [0, 0.1) is 0 Å². The van der Waals surface area contributed by atoms with Gasteiger partial charge in [0, 0.05) is 0 Å². The van der Waals surface area contributed by atoms with Crippen molar-refractivity contribution < 1.29 is 19.4 Å². The van der Waals surface area contributed by atoms with E-state index in [4.69, 9.17) is 0 Å². The second kappa shape index (κ2) is 2.61. The minimum Gasteiger partial charge on any atom is -0.313 e. The van der Waals surface area contributed by atoms with E-state index in [1.807, 2.05) is 4.98 Å². The molecule has 0 aliphatic rings. The first-order valence-corrected chi connectivity index (χ1v) is 6.14. The maximum atomic E-state index is 12.5. The maximum Gasteiger partial charge on any atom is 0.310 e. The summed E-state index contributed by atoms with van der Waals surface area (Å²) >= 11 is 0. The van der Waals surface area contributed by atoms with E-state index in [0.717, 1.165) is 12.4 Å². The van der Waals surface area contributed by atoms with Gasteiger partial charge in [-0.15, -0.1) is 0 Å². The zero-order valence-electron chi connectivity index (χ0n) is 7.96. The van der Waals surface area contributed by atoms with Crippen molar-refractivity contribution in [3.05, 3.63) is 34.9 Å². The Morgan fingerprint density at radius 3 is 2.35 bits per heavy atom. The molecule has 9 heteroatoms. The average molecular weight is 272 g/mol. The molecule has 2 rings (SSSR count). The first-order chi connectivity index (χ1) is 7.47. The van der Waals surface area contributed by atoms with Gasteiger partial charge in [-0.3, -0.25) is 4.79 Å². The van der Waals surface area contributed by atoms with Crippen molar-refractivity contribution >= 4 is 21.1 Å². The van der Waals surface area contributed by atoms with E-state index in [9.17, 15) is 24.2 Å². The van der Waals surface area contributed by atoms with Crippen molar-refractivity contribution in [3.8, 4) is 0 Å². The van der Waals surface area contributed by atoms with Gasteiger partial charge in [0.25, 0.3) is 5.56 Å². The van der Waals surface area contributed by atoms with E-state index < -0.39 is 26.1 Å². The van der Waals surface area contributed by atoms with Crippen LogP contribution in [-0.4, -0.2) is 9.97 Å². The Bertz CT molecular complexity index is 663. The Hall–Kier alpha value is -1.64. The molecular weight excluding hydrogens is 267 g/mol. The fourth-order valence-electron chi connectivity index (χ4n) is 1.29. The summed E-state index contributed by atoms with van der Waals surface area (Å²) < 4.78 is 62.4. The lowest BCUT2D eigenvalue weighted by atomic mass is 10.2. The normalized spacial score (nSPS) is 16.5. The largest absolute Gasteiger partial charge is 0.313 e. The van der Waals surface area contributed by atoms with Crippen LogP contribution in [0.4, 0.5) is 19.4 Å². The van der Waals surface area contributed by atoms with E-state index in [0.29, 0.717) is 0 Å². The molecule has 0 saturated heterocycles. The van der Waals surface area contributed by atoms with Crippen molar-refractivity contribution in [2.45, 2.75) is 4.90 Å². The Kier molecular flexibility index (Phi) is 1.81. The predicted octanol–water partition coefficient (Wildman–Crippen LogP) is 3.58. The molecule has 2 aromatic rings. The van der Waals surface area contributed by atoms with E-state index in [-0.39, 0.29) is 17.6 Å². The van der Waals surface area contributed by atoms with E-state index in [1.54, 1.807) is 0 Å². The molecule has 0 aliphatic carbocycles. The summed E-state index contributed by atoms with van der Waals surface area (Å²) in [5.74, 6) is 0. The highest BCUT2D eigenvalue weighted by Gasteiger charge is 2.65. The lowest BCUT2D eigenvalue weighted by molar-refractivity contribution is 0.364. The molecule has 0 bridgehead atoms. The third kappa shape index (κ3) is 2.23. The van der Waals surface area contributed by atoms with Crippen molar-refractivity contribution in [3.63, 3.8) is 0 Å². The Morgan fingerprint density at radius 2 is 1.76 bits per heavy atom. The number of rotatable bonds is 1. The summed E-state index contributed by atoms with van der Waals surface area (Å²) in [7, 11) is -9.76. The number of hydrogen-bond donors (Lipinski definition) is 1. The summed E-state index contributed by atoms with van der Waals surface area (Å²) in [4.78, 5) is 14.6. The van der Waals surface area contributed by atoms with Gasteiger partial charge in [0.2, 0.25) is 0 Å². The van der Waals surface area contributed by atoms with Crippen LogP contribution < -0.4 is 5.56 Å². The lowest BCUT2D eigenvalue weighted by Crippen LogP contribution is -2.10. The number of nitrogens with one attached hydrogen (secondary N) is 1. The van der Waals surface area contributed by atoms with Gasteiger partial charge in [0.05, 0.1) is 17.2 Å². The van der Waals surface area contributed by atoms with Gasteiger partial charge in [-0.05, 0) is 18.2 Å². The molecule has 0 atom stereocenters. The summed E-state index contributed by atoms with van der Waals surface area (Å²) in [6, 6.07) is 1.07. The van der Waals surface area contributed by atoms with Gasteiger partial charge in [-0.1, -0.05) is 19.4 Å². The topological polar surface area (TPSA) is 45.8 Å². The molecule has 0 fully saturated rings. The fraction of sp³-hybridized carbons (Fsp3) is 0. The molecule has 0 amide bonds. The number of aromatic nitrogens is 2. The molecule has 1 N–H and O–H groups in total. The summed E-state index contributed by atoms with van der Waals surface area (Å²) in [5, 5.41) is -0.529. The number of H-pyrrole nitrogens is 1. The molecule has 1 aromatic carbocycles. The van der Waals surface area contributed by atoms with Crippen LogP contribution in [0.1, 0.15) is 0 Å². The smallest absolute Gasteiger partial charge is 0.310 e. The molecular formula is C8H5F5N2OS. The van der Waals surface area contributed by atoms with Gasteiger partial charge >= 0.3 is 10.2 Å². The third-order valence-electron chi connectivity index (χ3n) is 2.06. The van der Waals surface area contributed by atoms with Crippen molar-refractivity contribution in [1.29, 1.82) is 0 Å². The first-order valence-electron chi connectivity index (χ1n) is 4.19. The quantitative estimate of drug-likeness (QED) is 0.806. The highest BCUT2D eigenvalue weighted by molar-refractivity contribution is 8.45. The second-order valence-electron chi connectivity index (χ2n) is 3.38. The highest BCUT2D eigenvalue weighted by Crippen LogP contribution is 3.02. The first kappa shape index (κ1) is 11.8. The van der Waals surface area contributed by atoms with E-state index >= 15 is 0 Å². The van der Waals surface area contributed by atoms with E-state index in [1.165, 1.54) is 0 Å². The molecule has 94 valence electrons. The molecule has 0 unspecified atom stereocenters. The SMILES string of the molecule is O=c1[nH]cnc2ccc(S(F)(F)(F)(F)F)cc12. The van der Waals surface area contributed by atoms with Crippen LogP contribution in [0.15, 0.2) is 34.2 Å². The molecule has 0 spiro atoms.